The maximum atomic E-state index is 13.7. The monoisotopic (exact) mass is 385 g/mol. The molecule has 0 aliphatic heterocycles. The molecular formula is C18H21F2NO4S. The molecule has 2 aromatic carbocycles. The first kappa shape index (κ1) is 20.1. The van der Waals surface area contributed by atoms with Gasteiger partial charge in [-0.05, 0) is 50.1 Å². The highest BCUT2D eigenvalue weighted by molar-refractivity contribution is 7.89. The minimum absolute atomic E-state index is 0.0182. The Morgan fingerprint density at radius 1 is 0.962 bits per heavy atom. The molecule has 2 aromatic rings. The SMILES string of the molecule is CCOc1ccc(CCNS(=O)(=O)c2c(F)cccc2F)cc1OCC. The number of halogens is 2. The second-order valence-electron chi connectivity index (χ2n) is 5.35. The van der Waals surface area contributed by atoms with E-state index in [1.165, 1.54) is 0 Å². The van der Waals surface area contributed by atoms with Crippen molar-refractivity contribution in [3.8, 4) is 11.5 Å². The van der Waals surface area contributed by atoms with Crippen molar-refractivity contribution in [2.45, 2.75) is 25.2 Å². The lowest BCUT2D eigenvalue weighted by Gasteiger charge is -2.13. The summed E-state index contributed by atoms with van der Waals surface area (Å²) in [5.41, 5.74) is 0.800. The maximum absolute atomic E-state index is 13.7. The molecule has 0 spiro atoms. The Hall–Kier alpha value is -2.19. The predicted molar refractivity (Wildman–Crippen MR) is 94.0 cm³/mol. The van der Waals surface area contributed by atoms with E-state index in [2.05, 4.69) is 4.72 Å². The number of rotatable bonds is 9. The van der Waals surface area contributed by atoms with Gasteiger partial charge in [-0.2, -0.15) is 0 Å². The van der Waals surface area contributed by atoms with E-state index in [1.807, 2.05) is 13.8 Å². The molecule has 0 heterocycles. The van der Waals surface area contributed by atoms with Crippen molar-refractivity contribution in [1.82, 2.24) is 4.72 Å². The van der Waals surface area contributed by atoms with Gasteiger partial charge in [-0.1, -0.05) is 12.1 Å². The van der Waals surface area contributed by atoms with Gasteiger partial charge in [0.25, 0.3) is 0 Å². The third-order valence-corrected chi connectivity index (χ3v) is 5.01. The van der Waals surface area contributed by atoms with Gasteiger partial charge >= 0.3 is 0 Å². The van der Waals surface area contributed by atoms with Gasteiger partial charge in [0, 0.05) is 6.54 Å². The van der Waals surface area contributed by atoms with Gasteiger partial charge in [-0.3, -0.25) is 0 Å². The van der Waals surface area contributed by atoms with Gasteiger partial charge in [0.1, 0.15) is 11.6 Å². The normalized spacial score (nSPS) is 11.4. The Morgan fingerprint density at radius 3 is 2.19 bits per heavy atom. The molecule has 0 atom stereocenters. The minimum Gasteiger partial charge on any atom is -0.490 e. The molecule has 0 fully saturated rings. The fraction of sp³-hybridized carbons (Fsp3) is 0.333. The first-order valence-electron chi connectivity index (χ1n) is 8.21. The molecule has 8 heteroatoms. The van der Waals surface area contributed by atoms with Crippen molar-refractivity contribution >= 4 is 10.0 Å². The molecule has 2 rings (SSSR count). The number of hydrogen-bond donors (Lipinski definition) is 1. The third-order valence-electron chi connectivity index (χ3n) is 3.50. The van der Waals surface area contributed by atoms with E-state index in [9.17, 15) is 17.2 Å². The Bertz CT molecular complexity index is 836. The van der Waals surface area contributed by atoms with Crippen LogP contribution in [0.4, 0.5) is 8.78 Å². The van der Waals surface area contributed by atoms with Crippen LogP contribution in [0.3, 0.4) is 0 Å². The summed E-state index contributed by atoms with van der Waals surface area (Å²) in [6.07, 6.45) is 0.321. The van der Waals surface area contributed by atoms with E-state index in [0.29, 0.717) is 31.1 Å². The van der Waals surface area contributed by atoms with Crippen molar-refractivity contribution in [3.63, 3.8) is 0 Å². The van der Waals surface area contributed by atoms with Gasteiger partial charge in [0.2, 0.25) is 10.0 Å². The van der Waals surface area contributed by atoms with E-state index in [0.717, 1.165) is 23.8 Å². The highest BCUT2D eigenvalue weighted by Crippen LogP contribution is 2.28. The van der Waals surface area contributed by atoms with E-state index < -0.39 is 26.6 Å². The number of sulfonamides is 1. The van der Waals surface area contributed by atoms with Crippen molar-refractivity contribution < 1.29 is 26.7 Å². The molecule has 0 saturated carbocycles. The average Bonchev–Trinajstić information content (AvgIpc) is 2.57. The quantitative estimate of drug-likeness (QED) is 0.720. The maximum Gasteiger partial charge on any atom is 0.246 e. The summed E-state index contributed by atoms with van der Waals surface area (Å²) in [6.45, 7) is 4.64. The molecule has 0 aromatic heterocycles. The van der Waals surface area contributed by atoms with Crippen LogP contribution in [0.2, 0.25) is 0 Å². The molecule has 0 amide bonds. The Kier molecular flexibility index (Phi) is 6.93. The fourth-order valence-corrected chi connectivity index (χ4v) is 3.56. The highest BCUT2D eigenvalue weighted by atomic mass is 32.2. The zero-order chi connectivity index (χ0) is 19.2. The van der Waals surface area contributed by atoms with Crippen LogP contribution in [0.5, 0.6) is 11.5 Å². The molecule has 0 saturated heterocycles. The number of hydrogen-bond acceptors (Lipinski definition) is 4. The van der Waals surface area contributed by atoms with Gasteiger partial charge in [0.05, 0.1) is 13.2 Å². The topological polar surface area (TPSA) is 64.6 Å². The van der Waals surface area contributed by atoms with Gasteiger partial charge in [-0.25, -0.2) is 21.9 Å². The average molecular weight is 385 g/mol. The predicted octanol–water partition coefficient (Wildman–Crippen LogP) is 3.28. The first-order chi connectivity index (χ1) is 12.4. The van der Waals surface area contributed by atoms with Crippen LogP contribution in [-0.4, -0.2) is 28.2 Å². The Balaban J connectivity index is 2.08. The molecule has 26 heavy (non-hydrogen) atoms. The summed E-state index contributed by atoms with van der Waals surface area (Å²) in [7, 11) is -4.28. The minimum atomic E-state index is -4.28. The lowest BCUT2D eigenvalue weighted by atomic mass is 10.1. The second kappa shape index (κ2) is 8.95. The number of benzene rings is 2. The number of nitrogens with one attached hydrogen (secondary N) is 1. The molecule has 0 bridgehead atoms. The lowest BCUT2D eigenvalue weighted by molar-refractivity contribution is 0.287. The summed E-state index contributed by atoms with van der Waals surface area (Å²) < 4.78 is 64.8. The molecule has 0 aliphatic rings. The third kappa shape index (κ3) is 4.92. The van der Waals surface area contributed by atoms with E-state index in [1.54, 1.807) is 18.2 Å². The van der Waals surface area contributed by atoms with Crippen LogP contribution in [0.1, 0.15) is 19.4 Å². The highest BCUT2D eigenvalue weighted by Gasteiger charge is 2.23. The zero-order valence-corrected chi connectivity index (χ0v) is 15.4. The van der Waals surface area contributed by atoms with E-state index in [4.69, 9.17) is 9.47 Å². The Labute approximate surface area is 152 Å². The van der Waals surface area contributed by atoms with Crippen LogP contribution in [0, 0.1) is 11.6 Å². The molecule has 5 nitrogen and oxygen atoms in total. The first-order valence-corrected chi connectivity index (χ1v) is 9.69. The van der Waals surface area contributed by atoms with Crippen molar-refractivity contribution in [1.29, 1.82) is 0 Å². The fourth-order valence-electron chi connectivity index (χ4n) is 2.39. The van der Waals surface area contributed by atoms with Crippen LogP contribution in [0.25, 0.3) is 0 Å². The molecule has 1 N–H and O–H groups in total. The molecular weight excluding hydrogens is 364 g/mol. The number of ether oxygens (including phenoxy) is 2. The van der Waals surface area contributed by atoms with Crippen molar-refractivity contribution in [2.75, 3.05) is 19.8 Å². The smallest absolute Gasteiger partial charge is 0.246 e. The summed E-state index contributed by atoms with van der Waals surface area (Å²) in [6, 6.07) is 8.20. The molecule has 142 valence electrons. The molecule has 0 unspecified atom stereocenters. The summed E-state index contributed by atoms with van der Waals surface area (Å²) in [5, 5.41) is 0. The van der Waals surface area contributed by atoms with Gasteiger partial charge < -0.3 is 9.47 Å². The van der Waals surface area contributed by atoms with Crippen LogP contribution in [-0.2, 0) is 16.4 Å². The zero-order valence-electron chi connectivity index (χ0n) is 14.6. The second-order valence-corrected chi connectivity index (χ2v) is 7.05. The van der Waals surface area contributed by atoms with E-state index in [-0.39, 0.29) is 6.54 Å². The summed E-state index contributed by atoms with van der Waals surface area (Å²) >= 11 is 0. The summed E-state index contributed by atoms with van der Waals surface area (Å²) in [4.78, 5) is -0.971. The lowest BCUT2D eigenvalue weighted by Crippen LogP contribution is -2.27. The van der Waals surface area contributed by atoms with Crippen LogP contribution < -0.4 is 14.2 Å². The summed E-state index contributed by atoms with van der Waals surface area (Å²) in [5.74, 6) is -1.09. The van der Waals surface area contributed by atoms with Gasteiger partial charge in [-0.15, -0.1) is 0 Å². The molecule has 0 aliphatic carbocycles. The van der Waals surface area contributed by atoms with Crippen molar-refractivity contribution in [3.05, 3.63) is 53.6 Å². The van der Waals surface area contributed by atoms with Crippen LogP contribution in [0.15, 0.2) is 41.3 Å². The van der Waals surface area contributed by atoms with Gasteiger partial charge in [0.15, 0.2) is 16.4 Å². The largest absolute Gasteiger partial charge is 0.490 e. The standard InChI is InChI=1S/C18H21F2NO4S/c1-3-24-16-9-8-13(12-17(16)25-4-2)10-11-21-26(22,23)18-14(19)6-5-7-15(18)20/h5-9,12,21H,3-4,10-11H2,1-2H3. The van der Waals surface area contributed by atoms with Crippen molar-refractivity contribution in [2.24, 2.45) is 0 Å². The Morgan fingerprint density at radius 2 is 1.58 bits per heavy atom. The molecule has 0 radical (unpaired) electrons. The van der Waals surface area contributed by atoms with Crippen LogP contribution >= 0.6 is 0 Å². The van der Waals surface area contributed by atoms with E-state index >= 15 is 0 Å².